The van der Waals surface area contributed by atoms with E-state index in [2.05, 4.69) is 12.2 Å². The summed E-state index contributed by atoms with van der Waals surface area (Å²) < 4.78 is 0. The fourth-order valence-corrected chi connectivity index (χ4v) is 2.53. The van der Waals surface area contributed by atoms with Crippen LogP contribution in [0.3, 0.4) is 0 Å². The van der Waals surface area contributed by atoms with E-state index in [0.29, 0.717) is 0 Å². The van der Waals surface area contributed by atoms with E-state index >= 15 is 0 Å². The first-order valence-corrected chi connectivity index (χ1v) is 9.16. The summed E-state index contributed by atoms with van der Waals surface area (Å²) in [6.07, 6.45) is 17.6. The van der Waals surface area contributed by atoms with E-state index < -0.39 is 0 Å². The Labute approximate surface area is 127 Å². The number of aliphatic hydroxyl groups excluding tert-OH is 1. The predicted molar refractivity (Wildman–Crippen MR) is 90.2 cm³/mol. The van der Waals surface area contributed by atoms with E-state index in [9.17, 15) is 0 Å². The predicted octanol–water partition coefficient (Wildman–Crippen LogP) is 5.05. The third-order valence-corrected chi connectivity index (χ3v) is 3.95. The second kappa shape index (κ2) is 17.0. The topological polar surface area (TPSA) is 32.3 Å². The Morgan fingerprint density at radius 1 is 0.700 bits per heavy atom. The molecular formula is C18H39NO. The van der Waals surface area contributed by atoms with Crippen molar-refractivity contribution >= 4 is 0 Å². The molecule has 0 aliphatic heterocycles. The number of rotatable bonds is 16. The van der Waals surface area contributed by atoms with Crippen LogP contribution in [-0.4, -0.2) is 24.3 Å². The summed E-state index contributed by atoms with van der Waals surface area (Å²) in [5.74, 6) is 0. The minimum absolute atomic E-state index is 0.163. The van der Waals surface area contributed by atoms with E-state index in [0.717, 1.165) is 19.5 Å². The highest BCUT2D eigenvalue weighted by atomic mass is 16.3. The van der Waals surface area contributed by atoms with E-state index in [1.165, 1.54) is 77.0 Å². The van der Waals surface area contributed by atoms with Gasteiger partial charge in [0.2, 0.25) is 0 Å². The minimum atomic E-state index is -0.163. The molecule has 2 heteroatoms. The van der Waals surface area contributed by atoms with Crippen LogP contribution in [0.2, 0.25) is 0 Å². The minimum Gasteiger partial charge on any atom is -0.393 e. The van der Waals surface area contributed by atoms with Crippen molar-refractivity contribution in [3.05, 3.63) is 0 Å². The monoisotopic (exact) mass is 285 g/mol. The maximum Gasteiger partial charge on any atom is 0.0524 e. The van der Waals surface area contributed by atoms with Gasteiger partial charge in [-0.15, -0.1) is 0 Å². The molecule has 0 aromatic carbocycles. The first kappa shape index (κ1) is 19.9. The molecule has 0 heterocycles. The Morgan fingerprint density at radius 2 is 1.15 bits per heavy atom. The van der Waals surface area contributed by atoms with Crippen LogP contribution in [0, 0.1) is 0 Å². The molecule has 0 aliphatic carbocycles. The first-order chi connectivity index (χ1) is 9.77. The van der Waals surface area contributed by atoms with Crippen molar-refractivity contribution in [2.45, 2.75) is 103 Å². The van der Waals surface area contributed by atoms with Crippen LogP contribution in [0.4, 0.5) is 0 Å². The van der Waals surface area contributed by atoms with Crippen LogP contribution in [-0.2, 0) is 0 Å². The molecule has 122 valence electrons. The molecule has 0 radical (unpaired) electrons. The fraction of sp³-hybridized carbons (Fsp3) is 1.00. The number of hydrogen-bond acceptors (Lipinski definition) is 2. The van der Waals surface area contributed by atoms with Gasteiger partial charge in [-0.25, -0.2) is 0 Å². The Bertz CT molecular complexity index is 171. The van der Waals surface area contributed by atoms with E-state index in [1.807, 2.05) is 6.92 Å². The zero-order valence-corrected chi connectivity index (χ0v) is 14.1. The van der Waals surface area contributed by atoms with Crippen LogP contribution < -0.4 is 5.32 Å². The molecule has 0 amide bonds. The largest absolute Gasteiger partial charge is 0.393 e. The molecular weight excluding hydrogens is 246 g/mol. The average Bonchev–Trinajstić information content (AvgIpc) is 2.43. The molecule has 0 aromatic rings. The molecule has 0 aromatic heterocycles. The highest BCUT2D eigenvalue weighted by Crippen LogP contribution is 2.11. The summed E-state index contributed by atoms with van der Waals surface area (Å²) in [7, 11) is 0. The van der Waals surface area contributed by atoms with Crippen LogP contribution in [0.25, 0.3) is 0 Å². The standard InChI is InChI=1S/C18H39NO/c1-3-4-5-6-7-8-9-10-11-12-13-14-16-19-17-15-18(2)20/h18-20H,3-17H2,1-2H3. The molecule has 0 fully saturated rings. The van der Waals surface area contributed by atoms with Crippen LogP contribution >= 0.6 is 0 Å². The third-order valence-electron chi connectivity index (χ3n) is 3.95. The van der Waals surface area contributed by atoms with Gasteiger partial charge in [-0.05, 0) is 32.9 Å². The lowest BCUT2D eigenvalue weighted by atomic mass is 10.1. The van der Waals surface area contributed by atoms with Gasteiger partial charge in [-0.2, -0.15) is 0 Å². The molecule has 2 nitrogen and oxygen atoms in total. The Hall–Kier alpha value is -0.0800. The van der Waals surface area contributed by atoms with Gasteiger partial charge in [0.05, 0.1) is 6.10 Å². The molecule has 2 N–H and O–H groups in total. The van der Waals surface area contributed by atoms with Gasteiger partial charge < -0.3 is 10.4 Å². The summed E-state index contributed by atoms with van der Waals surface area (Å²) in [4.78, 5) is 0. The first-order valence-electron chi connectivity index (χ1n) is 9.16. The number of unbranched alkanes of at least 4 members (excludes halogenated alkanes) is 11. The quantitative estimate of drug-likeness (QED) is 0.389. The van der Waals surface area contributed by atoms with Crippen molar-refractivity contribution in [1.82, 2.24) is 5.32 Å². The van der Waals surface area contributed by atoms with Crippen molar-refractivity contribution in [2.75, 3.05) is 13.1 Å². The molecule has 0 saturated carbocycles. The Morgan fingerprint density at radius 3 is 1.60 bits per heavy atom. The van der Waals surface area contributed by atoms with Gasteiger partial charge >= 0.3 is 0 Å². The third kappa shape index (κ3) is 17.9. The van der Waals surface area contributed by atoms with Crippen molar-refractivity contribution in [2.24, 2.45) is 0 Å². The summed E-state index contributed by atoms with van der Waals surface area (Å²) in [6, 6.07) is 0. The maximum absolute atomic E-state index is 9.12. The van der Waals surface area contributed by atoms with E-state index in [-0.39, 0.29) is 6.10 Å². The van der Waals surface area contributed by atoms with Gasteiger partial charge in [-0.1, -0.05) is 77.6 Å². The van der Waals surface area contributed by atoms with Gasteiger partial charge in [0, 0.05) is 0 Å². The Balaban J connectivity index is 2.92. The number of nitrogens with one attached hydrogen (secondary N) is 1. The lowest BCUT2D eigenvalue weighted by Gasteiger charge is -2.06. The summed E-state index contributed by atoms with van der Waals surface area (Å²) in [6.45, 7) is 6.20. The van der Waals surface area contributed by atoms with Crippen molar-refractivity contribution in [3.63, 3.8) is 0 Å². The Kier molecular flexibility index (Phi) is 16.9. The van der Waals surface area contributed by atoms with E-state index in [1.54, 1.807) is 0 Å². The van der Waals surface area contributed by atoms with Crippen molar-refractivity contribution in [3.8, 4) is 0 Å². The molecule has 0 spiro atoms. The van der Waals surface area contributed by atoms with Crippen molar-refractivity contribution < 1.29 is 5.11 Å². The van der Waals surface area contributed by atoms with Gasteiger partial charge in [0.25, 0.3) is 0 Å². The van der Waals surface area contributed by atoms with Crippen molar-refractivity contribution in [1.29, 1.82) is 0 Å². The van der Waals surface area contributed by atoms with Gasteiger partial charge in [0.1, 0.15) is 0 Å². The van der Waals surface area contributed by atoms with Crippen LogP contribution in [0.5, 0.6) is 0 Å². The second-order valence-electron chi connectivity index (χ2n) is 6.28. The highest BCUT2D eigenvalue weighted by molar-refractivity contribution is 4.53. The SMILES string of the molecule is CCCCCCCCCCCCCCNCCC(C)O. The smallest absolute Gasteiger partial charge is 0.0524 e. The summed E-state index contributed by atoms with van der Waals surface area (Å²) >= 11 is 0. The highest BCUT2D eigenvalue weighted by Gasteiger charge is 1.95. The van der Waals surface area contributed by atoms with Gasteiger partial charge in [-0.3, -0.25) is 0 Å². The molecule has 0 saturated heterocycles. The summed E-state index contributed by atoms with van der Waals surface area (Å²) in [5.41, 5.74) is 0. The zero-order valence-electron chi connectivity index (χ0n) is 14.1. The van der Waals surface area contributed by atoms with E-state index in [4.69, 9.17) is 5.11 Å². The zero-order chi connectivity index (χ0) is 14.9. The lowest BCUT2D eigenvalue weighted by Crippen LogP contribution is -2.20. The maximum atomic E-state index is 9.12. The van der Waals surface area contributed by atoms with Gasteiger partial charge in [0.15, 0.2) is 0 Å². The molecule has 20 heavy (non-hydrogen) atoms. The second-order valence-corrected chi connectivity index (χ2v) is 6.28. The normalized spacial score (nSPS) is 12.8. The number of hydrogen-bond donors (Lipinski definition) is 2. The molecule has 1 atom stereocenters. The average molecular weight is 286 g/mol. The lowest BCUT2D eigenvalue weighted by molar-refractivity contribution is 0.184. The summed E-state index contributed by atoms with van der Waals surface area (Å²) in [5, 5.41) is 12.5. The molecule has 0 aliphatic rings. The number of aliphatic hydroxyl groups is 1. The van der Waals surface area contributed by atoms with Crippen LogP contribution in [0.15, 0.2) is 0 Å². The molecule has 0 rings (SSSR count). The molecule has 0 bridgehead atoms. The van der Waals surface area contributed by atoms with Crippen LogP contribution in [0.1, 0.15) is 97.3 Å². The molecule has 1 unspecified atom stereocenters. The fourth-order valence-electron chi connectivity index (χ4n) is 2.53.